The van der Waals surface area contributed by atoms with Crippen molar-refractivity contribution in [3.63, 3.8) is 0 Å². The van der Waals surface area contributed by atoms with E-state index in [-0.39, 0.29) is 0 Å². The van der Waals surface area contributed by atoms with Crippen LogP contribution in [0.15, 0.2) is 35.0 Å². The zero-order valence-corrected chi connectivity index (χ0v) is 12.1. The molecule has 0 bridgehead atoms. The van der Waals surface area contributed by atoms with Gasteiger partial charge in [-0.25, -0.2) is 9.97 Å². The maximum absolute atomic E-state index is 8.78. The van der Waals surface area contributed by atoms with E-state index in [2.05, 4.69) is 25.8 Å². The highest BCUT2D eigenvalue weighted by Gasteiger charge is 2.22. The van der Waals surface area contributed by atoms with Gasteiger partial charge in [-0.2, -0.15) is 5.26 Å². The van der Waals surface area contributed by atoms with Crippen molar-refractivity contribution < 1.29 is 4.42 Å². The van der Waals surface area contributed by atoms with Gasteiger partial charge in [0, 0.05) is 31.6 Å². The Hall–Kier alpha value is -2.65. The van der Waals surface area contributed by atoms with Crippen LogP contribution in [0.4, 0.5) is 5.82 Å². The lowest BCUT2D eigenvalue weighted by atomic mass is 10.2. The Kier molecular flexibility index (Phi) is 3.13. The van der Waals surface area contributed by atoms with E-state index in [0.29, 0.717) is 6.54 Å². The largest absolute Gasteiger partial charge is 0.450 e. The second-order valence-corrected chi connectivity index (χ2v) is 5.39. The Labute approximate surface area is 127 Å². The van der Waals surface area contributed by atoms with Crippen LogP contribution in [0.3, 0.4) is 0 Å². The van der Waals surface area contributed by atoms with E-state index >= 15 is 0 Å². The summed E-state index contributed by atoms with van der Waals surface area (Å²) in [4.78, 5) is 13.2. The van der Waals surface area contributed by atoms with Crippen LogP contribution >= 0.6 is 0 Å². The molecule has 0 atom stereocenters. The van der Waals surface area contributed by atoms with Gasteiger partial charge in [-0.1, -0.05) is 12.1 Å². The van der Waals surface area contributed by atoms with Crippen molar-refractivity contribution in [2.24, 2.45) is 0 Å². The molecule has 0 spiro atoms. The van der Waals surface area contributed by atoms with Gasteiger partial charge in [-0.3, -0.25) is 4.90 Å². The van der Waals surface area contributed by atoms with Crippen LogP contribution in [-0.4, -0.2) is 47.6 Å². The summed E-state index contributed by atoms with van der Waals surface area (Å²) in [5, 5.41) is 9.80. The fraction of sp³-hybridized carbons (Fsp3) is 0.312. The van der Waals surface area contributed by atoms with E-state index in [0.717, 1.165) is 54.1 Å². The number of aromatic nitrogens is 2. The molecule has 0 amide bonds. The first-order valence-corrected chi connectivity index (χ1v) is 7.33. The normalized spacial score (nSPS) is 16.2. The smallest absolute Gasteiger partial charge is 0.196 e. The third kappa shape index (κ3) is 2.07. The number of fused-ring (bicyclic) bond motifs is 3. The second kappa shape index (κ2) is 5.28. The van der Waals surface area contributed by atoms with E-state index in [1.807, 2.05) is 24.3 Å². The maximum atomic E-state index is 8.78. The number of anilines is 1. The summed E-state index contributed by atoms with van der Waals surface area (Å²) in [5.41, 5.74) is 2.44. The standard InChI is InChI=1S/C16H15N5O/c17-5-6-20-7-9-21(10-8-20)16-15-14(18-11-19-16)12-3-1-2-4-13(12)22-15/h1-4,11H,6-10H2. The number of rotatable bonds is 2. The van der Waals surface area contributed by atoms with Crippen LogP contribution in [0.25, 0.3) is 22.1 Å². The molecule has 1 aliphatic rings. The molecule has 110 valence electrons. The highest BCUT2D eigenvalue weighted by Crippen LogP contribution is 2.32. The molecular weight excluding hydrogens is 278 g/mol. The summed E-state index contributed by atoms with van der Waals surface area (Å²) in [6.45, 7) is 3.88. The monoisotopic (exact) mass is 293 g/mol. The number of piperazine rings is 1. The molecule has 0 radical (unpaired) electrons. The van der Waals surface area contributed by atoms with E-state index in [1.54, 1.807) is 6.33 Å². The number of hydrogen-bond donors (Lipinski definition) is 0. The topological polar surface area (TPSA) is 69.2 Å². The third-order valence-corrected chi connectivity index (χ3v) is 4.11. The van der Waals surface area contributed by atoms with Gasteiger partial charge >= 0.3 is 0 Å². The number of nitriles is 1. The number of furan rings is 1. The molecule has 22 heavy (non-hydrogen) atoms. The molecular formula is C16H15N5O. The molecule has 0 saturated carbocycles. The molecule has 1 saturated heterocycles. The van der Waals surface area contributed by atoms with E-state index < -0.39 is 0 Å². The van der Waals surface area contributed by atoms with Crippen LogP contribution in [-0.2, 0) is 0 Å². The Bertz CT molecular complexity index is 858. The fourth-order valence-corrected chi connectivity index (χ4v) is 2.95. The summed E-state index contributed by atoms with van der Waals surface area (Å²) in [6.07, 6.45) is 1.60. The summed E-state index contributed by atoms with van der Waals surface area (Å²) in [7, 11) is 0. The van der Waals surface area contributed by atoms with Gasteiger partial charge in [0.05, 0.1) is 12.6 Å². The molecule has 2 aromatic heterocycles. The average Bonchev–Trinajstić information content (AvgIpc) is 2.95. The highest BCUT2D eigenvalue weighted by molar-refractivity contribution is 6.05. The van der Waals surface area contributed by atoms with Crippen molar-refractivity contribution in [2.75, 3.05) is 37.6 Å². The molecule has 1 aliphatic heterocycles. The Morgan fingerprint density at radius 2 is 1.95 bits per heavy atom. The molecule has 1 fully saturated rings. The molecule has 6 heteroatoms. The molecule has 0 N–H and O–H groups in total. The van der Waals surface area contributed by atoms with Crippen LogP contribution in [0.1, 0.15) is 0 Å². The van der Waals surface area contributed by atoms with E-state index in [9.17, 15) is 0 Å². The fourth-order valence-electron chi connectivity index (χ4n) is 2.95. The van der Waals surface area contributed by atoms with Crippen LogP contribution in [0.2, 0.25) is 0 Å². The first kappa shape index (κ1) is 13.0. The second-order valence-electron chi connectivity index (χ2n) is 5.39. The number of hydrogen-bond acceptors (Lipinski definition) is 6. The minimum atomic E-state index is 0.484. The predicted molar refractivity (Wildman–Crippen MR) is 83.6 cm³/mol. The van der Waals surface area contributed by atoms with Gasteiger partial charge in [0.25, 0.3) is 0 Å². The molecule has 3 heterocycles. The van der Waals surface area contributed by atoms with Gasteiger partial charge in [0.2, 0.25) is 0 Å². The van der Waals surface area contributed by atoms with Crippen molar-refractivity contribution in [2.45, 2.75) is 0 Å². The van der Waals surface area contributed by atoms with Crippen molar-refractivity contribution in [1.29, 1.82) is 5.26 Å². The maximum Gasteiger partial charge on any atom is 0.196 e. The van der Waals surface area contributed by atoms with Gasteiger partial charge in [0.15, 0.2) is 11.4 Å². The Balaban J connectivity index is 1.72. The van der Waals surface area contributed by atoms with Gasteiger partial charge in [-0.05, 0) is 12.1 Å². The zero-order chi connectivity index (χ0) is 14.9. The summed E-state index contributed by atoms with van der Waals surface area (Å²) in [5.74, 6) is 0.845. The van der Waals surface area contributed by atoms with Crippen molar-refractivity contribution in [3.8, 4) is 6.07 Å². The van der Waals surface area contributed by atoms with Gasteiger partial charge in [-0.15, -0.1) is 0 Å². The molecule has 6 nitrogen and oxygen atoms in total. The lowest BCUT2D eigenvalue weighted by Crippen LogP contribution is -2.46. The predicted octanol–water partition coefficient (Wildman–Crippen LogP) is 2.02. The minimum absolute atomic E-state index is 0.484. The number of nitrogens with zero attached hydrogens (tertiary/aromatic N) is 5. The van der Waals surface area contributed by atoms with E-state index in [4.69, 9.17) is 9.68 Å². The van der Waals surface area contributed by atoms with Crippen LogP contribution < -0.4 is 4.90 Å². The van der Waals surface area contributed by atoms with Gasteiger partial charge in [0.1, 0.15) is 17.4 Å². The van der Waals surface area contributed by atoms with E-state index in [1.165, 1.54) is 0 Å². The van der Waals surface area contributed by atoms with Crippen molar-refractivity contribution in [1.82, 2.24) is 14.9 Å². The van der Waals surface area contributed by atoms with Gasteiger partial charge < -0.3 is 9.32 Å². The average molecular weight is 293 g/mol. The Morgan fingerprint density at radius 3 is 2.77 bits per heavy atom. The highest BCUT2D eigenvalue weighted by atomic mass is 16.3. The molecule has 0 aliphatic carbocycles. The molecule has 3 aromatic rings. The molecule has 0 unspecified atom stereocenters. The summed E-state index contributed by atoms with van der Waals surface area (Å²) >= 11 is 0. The zero-order valence-electron chi connectivity index (χ0n) is 12.1. The Morgan fingerprint density at radius 1 is 1.14 bits per heavy atom. The SMILES string of the molecule is N#CCN1CCN(c2ncnc3c2oc2ccccc23)CC1. The molecule has 1 aromatic carbocycles. The van der Waals surface area contributed by atoms with Crippen LogP contribution in [0, 0.1) is 11.3 Å². The number of benzene rings is 1. The lowest BCUT2D eigenvalue weighted by Gasteiger charge is -2.33. The first-order valence-electron chi connectivity index (χ1n) is 7.33. The lowest BCUT2D eigenvalue weighted by molar-refractivity contribution is 0.286. The third-order valence-electron chi connectivity index (χ3n) is 4.11. The minimum Gasteiger partial charge on any atom is -0.450 e. The van der Waals surface area contributed by atoms with Crippen LogP contribution in [0.5, 0.6) is 0 Å². The first-order chi connectivity index (χ1) is 10.9. The summed E-state index contributed by atoms with van der Waals surface area (Å²) < 4.78 is 5.98. The number of para-hydroxylation sites is 1. The quantitative estimate of drug-likeness (QED) is 0.673. The van der Waals surface area contributed by atoms with Crippen molar-refractivity contribution in [3.05, 3.63) is 30.6 Å². The van der Waals surface area contributed by atoms with Crippen molar-refractivity contribution >= 4 is 27.9 Å². The summed E-state index contributed by atoms with van der Waals surface area (Å²) in [6, 6.07) is 10.1. The molecule has 4 rings (SSSR count).